The third-order valence-electron chi connectivity index (χ3n) is 5.25. The van der Waals surface area contributed by atoms with Gasteiger partial charge in [-0.1, -0.05) is 0 Å². The molecule has 0 saturated carbocycles. The van der Waals surface area contributed by atoms with E-state index in [-0.39, 0.29) is 31.5 Å². The molecule has 0 radical (unpaired) electrons. The van der Waals surface area contributed by atoms with Gasteiger partial charge in [0.25, 0.3) is 5.56 Å². The lowest BCUT2D eigenvalue weighted by molar-refractivity contribution is -0.139. The molecule has 198 valence electrons. The van der Waals surface area contributed by atoms with Crippen LogP contribution >= 0.6 is 0 Å². The Morgan fingerprint density at radius 2 is 1.72 bits per heavy atom. The molecule has 0 aromatic carbocycles. The molecule has 1 aliphatic rings. The summed E-state index contributed by atoms with van der Waals surface area (Å²) in [4.78, 5) is 34.7. The Morgan fingerprint density at radius 3 is 2.31 bits per heavy atom. The number of ether oxygens (including phenoxy) is 1. The Morgan fingerprint density at radius 1 is 1.08 bits per heavy atom. The van der Waals surface area contributed by atoms with Gasteiger partial charge in [-0.25, -0.2) is 15.1 Å². The number of aromatic amines is 1. The van der Waals surface area contributed by atoms with E-state index in [0.29, 0.717) is 38.6 Å². The molecule has 16 heteroatoms. The largest absolute Gasteiger partial charge is 0.423 e. The minimum absolute atomic E-state index is 0.0207. The van der Waals surface area contributed by atoms with Gasteiger partial charge in [0.2, 0.25) is 11.9 Å². The molecule has 3 heterocycles. The summed E-state index contributed by atoms with van der Waals surface area (Å²) in [5, 5.41) is 7.66. The van der Waals surface area contributed by atoms with Crippen LogP contribution in [0.25, 0.3) is 0 Å². The number of H-pyrrole nitrogens is 1. The summed E-state index contributed by atoms with van der Waals surface area (Å²) in [7, 11) is 0. The average Bonchev–Trinajstić information content (AvgIpc) is 2.80. The fourth-order valence-corrected chi connectivity index (χ4v) is 3.46. The Balaban J connectivity index is 1.40. The lowest BCUT2D eigenvalue weighted by Crippen LogP contribution is -2.49. The van der Waals surface area contributed by atoms with Gasteiger partial charge in [-0.2, -0.15) is 31.4 Å². The van der Waals surface area contributed by atoms with E-state index in [1.165, 1.54) is 0 Å². The van der Waals surface area contributed by atoms with Crippen molar-refractivity contribution >= 4 is 17.5 Å². The normalized spacial score (nSPS) is 15.6. The van der Waals surface area contributed by atoms with Crippen molar-refractivity contribution < 1.29 is 35.9 Å². The predicted molar refractivity (Wildman–Crippen MR) is 114 cm³/mol. The van der Waals surface area contributed by atoms with Gasteiger partial charge >= 0.3 is 12.4 Å². The summed E-state index contributed by atoms with van der Waals surface area (Å²) in [6, 6.07) is -0.614. The molecule has 36 heavy (non-hydrogen) atoms. The Bertz CT molecular complexity index is 1080. The van der Waals surface area contributed by atoms with Gasteiger partial charge in [0.05, 0.1) is 37.1 Å². The van der Waals surface area contributed by atoms with Crippen LogP contribution in [0.2, 0.25) is 0 Å². The highest BCUT2D eigenvalue weighted by Gasteiger charge is 2.37. The minimum Gasteiger partial charge on any atom is -0.379 e. The maximum Gasteiger partial charge on any atom is 0.423 e. The van der Waals surface area contributed by atoms with Crippen molar-refractivity contribution in [3.05, 3.63) is 40.1 Å². The van der Waals surface area contributed by atoms with E-state index in [4.69, 9.17) is 4.74 Å². The van der Waals surface area contributed by atoms with Crippen LogP contribution in [0.3, 0.4) is 0 Å². The zero-order valence-electron chi connectivity index (χ0n) is 19.0. The van der Waals surface area contributed by atoms with Crippen molar-refractivity contribution in [3.63, 3.8) is 0 Å². The van der Waals surface area contributed by atoms with Gasteiger partial charge in [-0.05, 0) is 6.92 Å². The summed E-state index contributed by atoms with van der Waals surface area (Å²) in [5.74, 6) is -0.0639. The molecule has 2 aromatic rings. The molecule has 0 bridgehead atoms. The molecule has 1 saturated heterocycles. The molecule has 3 rings (SSSR count). The number of carbonyl (C=O) groups excluding carboxylic acids is 1. The average molecular weight is 523 g/mol. The number of hydrogen-bond acceptors (Lipinski definition) is 8. The Kier molecular flexibility index (Phi) is 8.37. The third-order valence-corrected chi connectivity index (χ3v) is 5.25. The van der Waals surface area contributed by atoms with E-state index in [1.807, 2.05) is 0 Å². The molecule has 1 aliphatic heterocycles. The van der Waals surface area contributed by atoms with Crippen LogP contribution in [0.4, 0.5) is 38.0 Å². The van der Waals surface area contributed by atoms with Gasteiger partial charge < -0.3 is 19.9 Å². The first-order chi connectivity index (χ1) is 16.9. The molecule has 1 amide bonds. The molecule has 1 atom stereocenters. The maximum absolute atomic E-state index is 13.1. The van der Waals surface area contributed by atoms with Crippen LogP contribution in [0, 0.1) is 0 Å². The highest BCUT2D eigenvalue weighted by atomic mass is 19.4. The van der Waals surface area contributed by atoms with E-state index < -0.39 is 40.8 Å². The first kappa shape index (κ1) is 27.2. The second-order valence-electron chi connectivity index (χ2n) is 7.99. The molecule has 2 aromatic heterocycles. The van der Waals surface area contributed by atoms with E-state index in [2.05, 4.69) is 20.4 Å². The standard InChI is InChI=1S/C20H23F6N7O3/c1-12(30-14-10-29-31-17(35)16(14)20(24,25)26)11-36-7-2-15(34)32-3-5-33(6-4-32)18-27-8-13(9-28-18)19(21,22)23/h8-10,12H,2-7,11H2,1H3,(H2,30,31,35)/t12-/m1/s1. The molecule has 2 N–H and O–H groups in total. The fraction of sp³-hybridized carbons (Fsp3) is 0.550. The number of alkyl halides is 6. The SMILES string of the molecule is C[C@H](COCCC(=O)N1CCN(c2ncc(C(F)(F)F)cn2)CC1)Nc1cn[nH]c(=O)c1C(F)(F)F. The second-order valence-corrected chi connectivity index (χ2v) is 7.99. The van der Waals surface area contributed by atoms with Crippen molar-refractivity contribution in [2.45, 2.75) is 31.7 Å². The first-order valence-electron chi connectivity index (χ1n) is 10.8. The molecule has 0 unspecified atom stereocenters. The van der Waals surface area contributed by atoms with Gasteiger partial charge in [-0.3, -0.25) is 9.59 Å². The molecular formula is C20H23F6N7O3. The smallest absolute Gasteiger partial charge is 0.379 e. The molecule has 10 nitrogen and oxygen atoms in total. The quantitative estimate of drug-likeness (QED) is 0.400. The number of piperazine rings is 1. The lowest BCUT2D eigenvalue weighted by Gasteiger charge is -2.34. The molecule has 0 spiro atoms. The summed E-state index contributed by atoms with van der Waals surface area (Å²) in [6.45, 7) is 2.85. The lowest BCUT2D eigenvalue weighted by atomic mass is 10.2. The highest BCUT2D eigenvalue weighted by Crippen LogP contribution is 2.31. The van der Waals surface area contributed by atoms with Gasteiger partial charge in [0.15, 0.2) is 0 Å². The van der Waals surface area contributed by atoms with Gasteiger partial charge in [0.1, 0.15) is 5.56 Å². The Labute approximate surface area is 200 Å². The van der Waals surface area contributed by atoms with Gasteiger partial charge in [0, 0.05) is 44.6 Å². The predicted octanol–water partition coefficient (Wildman–Crippen LogP) is 2.15. The van der Waals surface area contributed by atoms with E-state index in [0.717, 1.165) is 6.20 Å². The van der Waals surface area contributed by atoms with Crippen LogP contribution in [-0.4, -0.2) is 76.4 Å². The Hall–Kier alpha value is -3.43. The summed E-state index contributed by atoms with van der Waals surface area (Å²) in [5.41, 5.74) is -4.18. The zero-order valence-corrected chi connectivity index (χ0v) is 19.0. The minimum atomic E-state index is -4.87. The summed E-state index contributed by atoms with van der Waals surface area (Å²) < 4.78 is 82.6. The van der Waals surface area contributed by atoms with Crippen LogP contribution in [-0.2, 0) is 21.9 Å². The van der Waals surface area contributed by atoms with E-state index in [9.17, 15) is 35.9 Å². The third kappa shape index (κ3) is 7.05. The topological polar surface area (TPSA) is 116 Å². The molecule has 0 aliphatic carbocycles. The number of halogens is 6. The zero-order chi connectivity index (χ0) is 26.5. The van der Waals surface area contributed by atoms with Crippen LogP contribution in [0.5, 0.6) is 0 Å². The van der Waals surface area contributed by atoms with Crippen LogP contribution in [0.1, 0.15) is 24.5 Å². The number of carbonyl (C=O) groups is 1. The number of aromatic nitrogens is 4. The highest BCUT2D eigenvalue weighted by molar-refractivity contribution is 5.76. The first-order valence-corrected chi connectivity index (χ1v) is 10.8. The second kappa shape index (κ2) is 11.1. The molecule has 1 fully saturated rings. The number of rotatable bonds is 8. The fourth-order valence-electron chi connectivity index (χ4n) is 3.46. The van der Waals surface area contributed by atoms with E-state index in [1.54, 1.807) is 21.8 Å². The number of anilines is 2. The number of nitrogens with zero attached hydrogens (tertiary/aromatic N) is 5. The van der Waals surface area contributed by atoms with Crippen molar-refractivity contribution in [3.8, 4) is 0 Å². The number of hydrogen-bond donors (Lipinski definition) is 2. The summed E-state index contributed by atoms with van der Waals surface area (Å²) in [6.07, 6.45) is -7.08. The maximum atomic E-state index is 13.1. The van der Waals surface area contributed by atoms with Crippen molar-refractivity contribution in [2.24, 2.45) is 0 Å². The van der Waals surface area contributed by atoms with E-state index >= 15 is 0 Å². The van der Waals surface area contributed by atoms with Crippen LogP contribution < -0.4 is 15.8 Å². The number of nitrogens with one attached hydrogen (secondary N) is 2. The number of amides is 1. The van der Waals surface area contributed by atoms with Gasteiger partial charge in [-0.15, -0.1) is 0 Å². The molecular weight excluding hydrogens is 500 g/mol. The van der Waals surface area contributed by atoms with Crippen LogP contribution in [0.15, 0.2) is 23.4 Å². The van der Waals surface area contributed by atoms with Crippen molar-refractivity contribution in [1.82, 2.24) is 25.1 Å². The summed E-state index contributed by atoms with van der Waals surface area (Å²) >= 11 is 0. The monoisotopic (exact) mass is 523 g/mol. The van der Waals surface area contributed by atoms with Crippen molar-refractivity contribution in [2.75, 3.05) is 49.6 Å². The van der Waals surface area contributed by atoms with Crippen molar-refractivity contribution in [1.29, 1.82) is 0 Å².